The second-order valence-electron chi connectivity index (χ2n) is 10.1. The Balaban J connectivity index is 1.42. The highest BCUT2D eigenvalue weighted by Crippen LogP contribution is 2.40. The number of benzene rings is 3. The van der Waals surface area contributed by atoms with E-state index in [-0.39, 0.29) is 12.6 Å². The summed E-state index contributed by atoms with van der Waals surface area (Å²) in [6.07, 6.45) is 2.32. The van der Waals surface area contributed by atoms with Gasteiger partial charge < -0.3 is 24.8 Å². The highest BCUT2D eigenvalue weighted by molar-refractivity contribution is 5.70. The number of ether oxygens (including phenoxy) is 3. The summed E-state index contributed by atoms with van der Waals surface area (Å²) in [7, 11) is 0. The van der Waals surface area contributed by atoms with E-state index in [4.69, 9.17) is 19.9 Å². The van der Waals surface area contributed by atoms with E-state index in [0.717, 1.165) is 72.7 Å². The van der Waals surface area contributed by atoms with E-state index in [1.165, 1.54) is 5.69 Å². The Morgan fingerprint density at radius 3 is 2.53 bits per heavy atom. The van der Waals surface area contributed by atoms with Gasteiger partial charge in [-0.3, -0.25) is 4.79 Å². The molecule has 2 aliphatic heterocycles. The third-order valence-corrected chi connectivity index (χ3v) is 7.40. The van der Waals surface area contributed by atoms with Crippen molar-refractivity contribution in [2.45, 2.75) is 39.0 Å². The van der Waals surface area contributed by atoms with Gasteiger partial charge in [0.25, 0.3) is 6.47 Å². The molecule has 0 aromatic heterocycles. The summed E-state index contributed by atoms with van der Waals surface area (Å²) in [5.41, 5.74) is 13.1. The molecule has 2 heterocycles. The van der Waals surface area contributed by atoms with Crippen LogP contribution in [0.25, 0.3) is 11.1 Å². The number of hydrogen-bond donors (Lipinski definition) is 1. The van der Waals surface area contributed by atoms with Gasteiger partial charge in [-0.1, -0.05) is 36.4 Å². The Labute approximate surface area is 213 Å². The molecule has 2 fully saturated rings. The summed E-state index contributed by atoms with van der Waals surface area (Å²) >= 11 is 0. The predicted molar refractivity (Wildman–Crippen MR) is 141 cm³/mol. The summed E-state index contributed by atoms with van der Waals surface area (Å²) in [6.45, 7) is 6.92. The number of rotatable bonds is 9. The molecule has 0 aliphatic carbocycles. The molecule has 0 saturated carbocycles. The van der Waals surface area contributed by atoms with Crippen molar-refractivity contribution in [3.63, 3.8) is 0 Å². The fraction of sp³-hybridized carbons (Fsp3) is 0.367. The van der Waals surface area contributed by atoms with Crippen molar-refractivity contribution in [2.75, 3.05) is 31.2 Å². The van der Waals surface area contributed by atoms with Crippen LogP contribution in [0.4, 0.5) is 5.69 Å². The van der Waals surface area contributed by atoms with Gasteiger partial charge in [0.05, 0.1) is 13.2 Å². The molecule has 188 valence electrons. The Bertz CT molecular complexity index is 1200. The number of nitrogens with zero attached hydrogens (tertiary/aromatic N) is 1. The number of para-hydroxylation sites is 1. The molecule has 0 radical (unpaired) electrons. The zero-order valence-electron chi connectivity index (χ0n) is 20.8. The molecule has 2 aliphatic rings. The number of piperidine rings is 1. The van der Waals surface area contributed by atoms with Crippen molar-refractivity contribution in [1.82, 2.24) is 0 Å². The van der Waals surface area contributed by atoms with Crippen LogP contribution < -0.4 is 15.4 Å². The molecule has 2 N–H and O–H groups in total. The average Bonchev–Trinajstić information content (AvgIpc) is 2.90. The molecule has 0 amide bonds. The standard InChI is InChI=1S/C30H34N2O4/c1-22(31)24-6-4-7-25(15-24)27-13-23(17-36-29-8-3-2-5-26(29)18-34-21-33)14-28(16-27)32-11-9-30(10-12-32)19-35-20-30/h2-8,13-16,21-22H,9-12,17-20,31H2,1H3. The highest BCUT2D eigenvalue weighted by Gasteiger charge is 2.41. The average molecular weight is 487 g/mol. The molecule has 1 spiro atoms. The maximum Gasteiger partial charge on any atom is 0.293 e. The quantitative estimate of drug-likeness (QED) is 0.417. The van der Waals surface area contributed by atoms with Crippen molar-refractivity contribution >= 4 is 12.2 Å². The van der Waals surface area contributed by atoms with E-state index in [2.05, 4.69) is 47.4 Å². The smallest absolute Gasteiger partial charge is 0.293 e. The Kier molecular flexibility index (Phi) is 7.25. The van der Waals surface area contributed by atoms with Crippen LogP contribution in [-0.2, 0) is 27.5 Å². The number of nitrogens with two attached hydrogens (primary N) is 1. The van der Waals surface area contributed by atoms with Gasteiger partial charge in [-0.05, 0) is 72.4 Å². The van der Waals surface area contributed by atoms with Gasteiger partial charge in [-0.25, -0.2) is 0 Å². The summed E-state index contributed by atoms with van der Waals surface area (Å²) < 4.78 is 16.7. The normalized spacial score (nSPS) is 17.3. The first-order chi connectivity index (χ1) is 17.5. The lowest BCUT2D eigenvalue weighted by atomic mass is 9.76. The molecule has 1 unspecified atom stereocenters. The zero-order valence-corrected chi connectivity index (χ0v) is 20.8. The van der Waals surface area contributed by atoms with Crippen LogP contribution in [0.15, 0.2) is 66.7 Å². The first kappa shape index (κ1) is 24.3. The Morgan fingerprint density at radius 1 is 1.00 bits per heavy atom. The molecule has 3 aromatic rings. The van der Waals surface area contributed by atoms with Crippen molar-refractivity contribution < 1.29 is 19.0 Å². The lowest BCUT2D eigenvalue weighted by Crippen LogP contribution is -2.50. The molecule has 3 aromatic carbocycles. The van der Waals surface area contributed by atoms with E-state index < -0.39 is 0 Å². The van der Waals surface area contributed by atoms with Crippen LogP contribution in [0.1, 0.15) is 42.5 Å². The van der Waals surface area contributed by atoms with Gasteiger partial charge in [0.2, 0.25) is 0 Å². The lowest BCUT2D eigenvalue weighted by molar-refractivity contribution is -0.129. The highest BCUT2D eigenvalue weighted by atomic mass is 16.5. The van der Waals surface area contributed by atoms with Gasteiger partial charge in [0.1, 0.15) is 19.0 Å². The molecular formula is C30H34N2O4. The van der Waals surface area contributed by atoms with Crippen molar-refractivity contribution in [3.8, 4) is 16.9 Å². The Morgan fingerprint density at radius 2 is 1.81 bits per heavy atom. The largest absolute Gasteiger partial charge is 0.488 e. The minimum absolute atomic E-state index is 0.0241. The maximum absolute atomic E-state index is 10.7. The van der Waals surface area contributed by atoms with E-state index in [0.29, 0.717) is 18.5 Å². The molecule has 0 bridgehead atoms. The molecule has 6 nitrogen and oxygen atoms in total. The molecule has 5 rings (SSSR count). The third kappa shape index (κ3) is 5.40. The zero-order chi connectivity index (χ0) is 25.0. The predicted octanol–water partition coefficient (Wildman–Crippen LogP) is 5.24. The SMILES string of the molecule is CC(N)c1cccc(-c2cc(COc3ccccc3COC=O)cc(N3CCC4(CC3)COC4)c2)c1. The van der Waals surface area contributed by atoms with E-state index in [9.17, 15) is 4.79 Å². The summed E-state index contributed by atoms with van der Waals surface area (Å²) in [5.74, 6) is 0.718. The van der Waals surface area contributed by atoms with E-state index >= 15 is 0 Å². The van der Waals surface area contributed by atoms with Crippen LogP contribution in [0, 0.1) is 5.41 Å². The molecule has 1 atom stereocenters. The van der Waals surface area contributed by atoms with E-state index in [1.807, 2.05) is 31.2 Å². The number of carbonyl (C=O) groups excluding carboxylic acids is 1. The van der Waals surface area contributed by atoms with Gasteiger partial charge in [-0.15, -0.1) is 0 Å². The third-order valence-electron chi connectivity index (χ3n) is 7.40. The fourth-order valence-electron chi connectivity index (χ4n) is 5.08. The van der Waals surface area contributed by atoms with Gasteiger partial charge >= 0.3 is 0 Å². The summed E-state index contributed by atoms with van der Waals surface area (Å²) in [4.78, 5) is 13.2. The monoisotopic (exact) mass is 486 g/mol. The minimum Gasteiger partial charge on any atom is -0.488 e. The van der Waals surface area contributed by atoms with Crippen LogP contribution in [0.2, 0.25) is 0 Å². The van der Waals surface area contributed by atoms with Crippen LogP contribution in [0.5, 0.6) is 5.75 Å². The van der Waals surface area contributed by atoms with Gasteiger partial charge in [0.15, 0.2) is 0 Å². The summed E-state index contributed by atoms with van der Waals surface area (Å²) in [6, 6.07) is 22.8. The van der Waals surface area contributed by atoms with Crippen LogP contribution in [-0.4, -0.2) is 32.8 Å². The minimum atomic E-state index is -0.0241. The fourth-order valence-corrected chi connectivity index (χ4v) is 5.08. The first-order valence-corrected chi connectivity index (χ1v) is 12.6. The topological polar surface area (TPSA) is 74.0 Å². The van der Waals surface area contributed by atoms with Crippen molar-refractivity contribution in [1.29, 1.82) is 0 Å². The van der Waals surface area contributed by atoms with E-state index in [1.54, 1.807) is 0 Å². The first-order valence-electron chi connectivity index (χ1n) is 12.6. The maximum atomic E-state index is 10.7. The number of carbonyl (C=O) groups is 1. The van der Waals surface area contributed by atoms with Crippen LogP contribution in [0.3, 0.4) is 0 Å². The van der Waals surface area contributed by atoms with Gasteiger partial charge in [0, 0.05) is 35.8 Å². The molecular weight excluding hydrogens is 452 g/mol. The van der Waals surface area contributed by atoms with Crippen molar-refractivity contribution in [3.05, 3.63) is 83.4 Å². The number of anilines is 1. The molecule has 6 heteroatoms. The number of hydrogen-bond acceptors (Lipinski definition) is 6. The second kappa shape index (κ2) is 10.7. The Hall–Kier alpha value is -3.35. The van der Waals surface area contributed by atoms with Crippen LogP contribution >= 0.6 is 0 Å². The summed E-state index contributed by atoms with van der Waals surface area (Å²) in [5, 5.41) is 0. The second-order valence-corrected chi connectivity index (χ2v) is 10.1. The lowest BCUT2D eigenvalue weighted by Gasteiger charge is -2.48. The van der Waals surface area contributed by atoms with Crippen molar-refractivity contribution in [2.24, 2.45) is 11.1 Å². The molecule has 2 saturated heterocycles. The van der Waals surface area contributed by atoms with Gasteiger partial charge in [-0.2, -0.15) is 0 Å². The molecule has 36 heavy (non-hydrogen) atoms.